The molecule has 1 heterocycles. The van der Waals surface area contributed by atoms with Crippen molar-refractivity contribution >= 4 is 17.5 Å². The van der Waals surface area contributed by atoms with Gasteiger partial charge in [0.1, 0.15) is 5.75 Å². The summed E-state index contributed by atoms with van der Waals surface area (Å²) in [5, 5.41) is 3.76. The summed E-state index contributed by atoms with van der Waals surface area (Å²) in [6.45, 7) is 6.69. The van der Waals surface area contributed by atoms with Crippen LogP contribution in [0.15, 0.2) is 42.5 Å². The Balaban J connectivity index is 1.58. The van der Waals surface area contributed by atoms with Crippen LogP contribution in [0.1, 0.15) is 35.6 Å². The van der Waals surface area contributed by atoms with Crippen LogP contribution in [0.2, 0.25) is 5.02 Å². The molecule has 1 amide bonds. The van der Waals surface area contributed by atoms with Crippen LogP contribution in [-0.4, -0.2) is 37.0 Å². The first-order valence-electron chi connectivity index (χ1n) is 9.50. The van der Waals surface area contributed by atoms with E-state index in [1.54, 1.807) is 0 Å². The fraction of sp³-hybridized carbons (Fsp3) is 0.409. The molecule has 0 aliphatic carbocycles. The van der Waals surface area contributed by atoms with E-state index < -0.39 is 0 Å². The number of benzene rings is 2. The van der Waals surface area contributed by atoms with Gasteiger partial charge in [0, 0.05) is 11.6 Å². The minimum atomic E-state index is -0.121. The molecule has 2 aromatic rings. The standard InChI is InChI=1S/C22H27ClN2O2/c1-16-9-10-18(13-17(16)2)27-15-22(26)24-14-21(25-11-5-6-12-25)19-7-3-4-8-20(19)23/h3-4,7-10,13,21H,5-6,11-12,14-15H2,1-2H3,(H,24,26). The Kier molecular flexibility index (Phi) is 6.75. The molecule has 0 saturated carbocycles. The molecule has 1 atom stereocenters. The molecule has 2 aromatic carbocycles. The van der Waals surface area contributed by atoms with Crippen molar-refractivity contribution in [3.05, 3.63) is 64.2 Å². The van der Waals surface area contributed by atoms with E-state index in [2.05, 4.69) is 17.1 Å². The van der Waals surface area contributed by atoms with Crippen molar-refractivity contribution in [2.75, 3.05) is 26.2 Å². The quantitative estimate of drug-likeness (QED) is 0.771. The van der Waals surface area contributed by atoms with Crippen molar-refractivity contribution in [1.29, 1.82) is 0 Å². The molecule has 1 aliphatic rings. The molecule has 4 nitrogen and oxygen atoms in total. The fourth-order valence-electron chi connectivity index (χ4n) is 3.45. The molecule has 0 spiro atoms. The summed E-state index contributed by atoms with van der Waals surface area (Å²) in [5.74, 6) is 0.597. The summed E-state index contributed by atoms with van der Waals surface area (Å²) < 4.78 is 5.64. The normalized spacial score (nSPS) is 15.5. The number of carbonyl (C=O) groups excluding carboxylic acids is 1. The molecule has 27 heavy (non-hydrogen) atoms. The molecular formula is C22H27ClN2O2. The van der Waals surface area contributed by atoms with Gasteiger partial charge in [0.25, 0.3) is 5.91 Å². The summed E-state index contributed by atoms with van der Waals surface area (Å²) in [5.41, 5.74) is 3.43. The van der Waals surface area contributed by atoms with Crippen LogP contribution in [0.5, 0.6) is 5.75 Å². The molecule has 3 rings (SSSR count). The Morgan fingerprint density at radius 2 is 1.89 bits per heavy atom. The molecule has 1 unspecified atom stereocenters. The number of amides is 1. The zero-order valence-corrected chi connectivity index (χ0v) is 16.8. The Hall–Kier alpha value is -2.04. The second-order valence-electron chi connectivity index (χ2n) is 7.12. The van der Waals surface area contributed by atoms with Gasteiger partial charge in [-0.25, -0.2) is 0 Å². The van der Waals surface area contributed by atoms with Crippen LogP contribution in [0.3, 0.4) is 0 Å². The first-order chi connectivity index (χ1) is 13.0. The first-order valence-corrected chi connectivity index (χ1v) is 9.87. The van der Waals surface area contributed by atoms with Crippen LogP contribution in [0.25, 0.3) is 0 Å². The van der Waals surface area contributed by atoms with Crippen molar-refractivity contribution in [1.82, 2.24) is 10.2 Å². The van der Waals surface area contributed by atoms with Gasteiger partial charge in [-0.3, -0.25) is 9.69 Å². The minimum absolute atomic E-state index is 0.0116. The van der Waals surface area contributed by atoms with Crippen molar-refractivity contribution in [2.45, 2.75) is 32.7 Å². The van der Waals surface area contributed by atoms with Crippen molar-refractivity contribution in [3.8, 4) is 5.75 Å². The highest BCUT2D eigenvalue weighted by Gasteiger charge is 2.25. The molecule has 0 aromatic heterocycles. The maximum absolute atomic E-state index is 12.3. The third-order valence-electron chi connectivity index (χ3n) is 5.19. The van der Waals surface area contributed by atoms with E-state index in [-0.39, 0.29) is 18.6 Å². The predicted molar refractivity (Wildman–Crippen MR) is 109 cm³/mol. The van der Waals surface area contributed by atoms with Gasteiger partial charge in [0.05, 0.1) is 6.04 Å². The lowest BCUT2D eigenvalue weighted by Crippen LogP contribution is -2.38. The van der Waals surface area contributed by atoms with E-state index in [0.717, 1.165) is 35.0 Å². The summed E-state index contributed by atoms with van der Waals surface area (Å²) in [4.78, 5) is 14.7. The van der Waals surface area contributed by atoms with Gasteiger partial charge in [-0.05, 0) is 74.7 Å². The zero-order chi connectivity index (χ0) is 19.2. The van der Waals surface area contributed by atoms with Gasteiger partial charge in [-0.1, -0.05) is 35.9 Å². The molecule has 0 radical (unpaired) electrons. The van der Waals surface area contributed by atoms with Crippen molar-refractivity contribution in [2.24, 2.45) is 0 Å². The lowest BCUT2D eigenvalue weighted by Gasteiger charge is -2.29. The molecule has 5 heteroatoms. The summed E-state index contributed by atoms with van der Waals surface area (Å²) >= 11 is 6.42. The third-order valence-corrected chi connectivity index (χ3v) is 5.53. The van der Waals surface area contributed by atoms with E-state index in [1.807, 2.05) is 49.4 Å². The van der Waals surface area contributed by atoms with Crippen molar-refractivity contribution in [3.63, 3.8) is 0 Å². The summed E-state index contributed by atoms with van der Waals surface area (Å²) in [6.07, 6.45) is 2.37. The summed E-state index contributed by atoms with van der Waals surface area (Å²) in [6, 6.07) is 13.8. The number of hydrogen-bond donors (Lipinski definition) is 1. The maximum atomic E-state index is 12.3. The first kappa shape index (κ1) is 19.7. The molecule has 1 N–H and O–H groups in total. The minimum Gasteiger partial charge on any atom is -0.484 e. The SMILES string of the molecule is Cc1ccc(OCC(=O)NCC(c2ccccc2Cl)N2CCCC2)cc1C. The molecule has 1 saturated heterocycles. The van der Waals surface area contributed by atoms with E-state index in [1.165, 1.54) is 18.4 Å². The van der Waals surface area contributed by atoms with Gasteiger partial charge >= 0.3 is 0 Å². The maximum Gasteiger partial charge on any atom is 0.258 e. The van der Waals surface area contributed by atoms with Crippen LogP contribution >= 0.6 is 11.6 Å². The Bertz CT molecular complexity index is 788. The smallest absolute Gasteiger partial charge is 0.258 e. The summed E-state index contributed by atoms with van der Waals surface area (Å²) in [7, 11) is 0. The highest BCUT2D eigenvalue weighted by Crippen LogP contribution is 2.29. The molecule has 1 aliphatic heterocycles. The number of carbonyl (C=O) groups is 1. The number of nitrogens with one attached hydrogen (secondary N) is 1. The Morgan fingerprint density at radius 3 is 2.59 bits per heavy atom. The van der Waals surface area contributed by atoms with E-state index in [4.69, 9.17) is 16.3 Å². The lowest BCUT2D eigenvalue weighted by atomic mass is 10.1. The molecule has 144 valence electrons. The van der Waals surface area contributed by atoms with Crippen LogP contribution in [0.4, 0.5) is 0 Å². The molecule has 1 fully saturated rings. The number of likely N-dealkylation sites (tertiary alicyclic amines) is 1. The van der Waals surface area contributed by atoms with E-state index in [9.17, 15) is 4.79 Å². The lowest BCUT2D eigenvalue weighted by molar-refractivity contribution is -0.123. The number of ether oxygens (including phenoxy) is 1. The highest BCUT2D eigenvalue weighted by molar-refractivity contribution is 6.31. The van der Waals surface area contributed by atoms with Crippen LogP contribution < -0.4 is 10.1 Å². The number of halogens is 1. The second-order valence-corrected chi connectivity index (χ2v) is 7.53. The van der Waals surface area contributed by atoms with Gasteiger partial charge in [0.15, 0.2) is 6.61 Å². The predicted octanol–water partition coefficient (Wildman–Crippen LogP) is 4.29. The Labute approximate surface area is 166 Å². The van der Waals surface area contributed by atoms with Gasteiger partial charge < -0.3 is 10.1 Å². The van der Waals surface area contributed by atoms with Crippen molar-refractivity contribution < 1.29 is 9.53 Å². The highest BCUT2D eigenvalue weighted by atomic mass is 35.5. The average Bonchev–Trinajstić information content (AvgIpc) is 3.19. The molecular weight excluding hydrogens is 360 g/mol. The van der Waals surface area contributed by atoms with Gasteiger partial charge in [0.2, 0.25) is 0 Å². The fourth-order valence-corrected chi connectivity index (χ4v) is 3.71. The van der Waals surface area contributed by atoms with E-state index >= 15 is 0 Å². The van der Waals surface area contributed by atoms with Crippen LogP contribution in [0, 0.1) is 13.8 Å². The zero-order valence-electron chi connectivity index (χ0n) is 16.0. The number of hydrogen-bond acceptors (Lipinski definition) is 3. The number of nitrogens with zero attached hydrogens (tertiary/aromatic N) is 1. The van der Waals surface area contributed by atoms with E-state index in [0.29, 0.717) is 6.54 Å². The second kappa shape index (κ2) is 9.25. The largest absolute Gasteiger partial charge is 0.484 e. The average molecular weight is 387 g/mol. The van der Waals surface area contributed by atoms with Gasteiger partial charge in [-0.2, -0.15) is 0 Å². The molecule has 0 bridgehead atoms. The van der Waals surface area contributed by atoms with Gasteiger partial charge in [-0.15, -0.1) is 0 Å². The monoisotopic (exact) mass is 386 g/mol. The van der Waals surface area contributed by atoms with Crippen LogP contribution in [-0.2, 0) is 4.79 Å². The topological polar surface area (TPSA) is 41.6 Å². The number of rotatable bonds is 7. The Morgan fingerprint density at radius 1 is 1.15 bits per heavy atom. The third kappa shape index (κ3) is 5.24. The number of aryl methyl sites for hydroxylation is 2.